The molecule has 1 aromatic rings. The zero-order chi connectivity index (χ0) is 13.5. The number of para-hydroxylation sites is 1. The van der Waals surface area contributed by atoms with Crippen LogP contribution in [0.1, 0.15) is 24.8 Å². The van der Waals surface area contributed by atoms with Gasteiger partial charge in [-0.2, -0.15) is 0 Å². The third-order valence-corrected chi connectivity index (χ3v) is 3.53. The van der Waals surface area contributed by atoms with Crippen molar-refractivity contribution >= 4 is 29.9 Å². The monoisotopic (exact) mass is 389 g/mol. The molecule has 1 aliphatic rings. The molecule has 1 saturated heterocycles. The molecular weight excluding hydrogens is 365 g/mol. The summed E-state index contributed by atoms with van der Waals surface area (Å²) in [5.41, 5.74) is 7.21. The normalized spacial score (nSPS) is 15.7. The first kappa shape index (κ1) is 17.1. The van der Waals surface area contributed by atoms with Gasteiger partial charge in [0, 0.05) is 19.6 Å². The molecule has 0 saturated carbocycles. The molecule has 112 valence electrons. The Balaban J connectivity index is 0.00000200. The molecule has 20 heavy (non-hydrogen) atoms. The predicted molar refractivity (Wildman–Crippen MR) is 94.0 cm³/mol. The van der Waals surface area contributed by atoms with Crippen LogP contribution in [-0.4, -0.2) is 37.6 Å². The Hall–Kier alpha value is -0.980. The summed E-state index contributed by atoms with van der Waals surface area (Å²) in [6.45, 7) is 2.80. The Morgan fingerprint density at radius 1 is 1.25 bits per heavy atom. The van der Waals surface area contributed by atoms with Crippen LogP contribution < -0.4 is 10.5 Å². The molecule has 1 heterocycles. The number of nitrogens with zero attached hydrogens (tertiary/aromatic N) is 2. The van der Waals surface area contributed by atoms with Gasteiger partial charge in [0.25, 0.3) is 0 Å². The zero-order valence-electron chi connectivity index (χ0n) is 12.0. The van der Waals surface area contributed by atoms with Gasteiger partial charge in [0.15, 0.2) is 5.96 Å². The second-order valence-corrected chi connectivity index (χ2v) is 4.85. The number of benzene rings is 1. The fourth-order valence-electron chi connectivity index (χ4n) is 2.42. The van der Waals surface area contributed by atoms with Gasteiger partial charge in [0.2, 0.25) is 0 Å². The van der Waals surface area contributed by atoms with Crippen molar-refractivity contribution in [1.29, 1.82) is 0 Å². The highest BCUT2D eigenvalue weighted by Gasteiger charge is 2.11. The molecule has 1 aliphatic heterocycles. The number of methoxy groups -OCH3 is 1. The molecule has 1 aromatic carbocycles. The number of ether oxygens (including phenoxy) is 1. The standard InChI is InChI=1S/C15H23N3O.HI/c1-19-14-8-4-3-7-13(14)9-10-17-15(16)18-11-5-2-6-12-18;/h3-4,7-8H,2,5-6,9-12H2,1H3,(H2,16,17);1H. The van der Waals surface area contributed by atoms with Gasteiger partial charge >= 0.3 is 0 Å². The molecule has 0 spiro atoms. The molecule has 0 amide bonds. The maximum Gasteiger partial charge on any atom is 0.191 e. The smallest absolute Gasteiger partial charge is 0.191 e. The number of hydrogen-bond donors (Lipinski definition) is 1. The lowest BCUT2D eigenvalue weighted by molar-refractivity contribution is 0.338. The summed E-state index contributed by atoms with van der Waals surface area (Å²) in [6.07, 6.45) is 4.62. The summed E-state index contributed by atoms with van der Waals surface area (Å²) in [6, 6.07) is 8.06. The van der Waals surface area contributed by atoms with Gasteiger partial charge in [-0.05, 0) is 37.3 Å². The molecule has 0 bridgehead atoms. The summed E-state index contributed by atoms with van der Waals surface area (Å²) < 4.78 is 5.33. The van der Waals surface area contributed by atoms with Crippen molar-refractivity contribution in [2.24, 2.45) is 10.7 Å². The number of rotatable bonds is 4. The molecule has 4 nitrogen and oxygen atoms in total. The van der Waals surface area contributed by atoms with Gasteiger partial charge in [0.1, 0.15) is 5.75 Å². The van der Waals surface area contributed by atoms with E-state index < -0.39 is 0 Å². The van der Waals surface area contributed by atoms with Crippen molar-refractivity contribution in [2.75, 3.05) is 26.7 Å². The Kier molecular flexibility index (Phi) is 7.72. The fourth-order valence-corrected chi connectivity index (χ4v) is 2.42. The van der Waals surface area contributed by atoms with E-state index in [0.717, 1.165) is 25.3 Å². The average Bonchev–Trinajstić information content (AvgIpc) is 2.48. The number of aliphatic imine (C=N–C) groups is 1. The molecule has 0 atom stereocenters. The van der Waals surface area contributed by atoms with Crippen LogP contribution in [-0.2, 0) is 6.42 Å². The van der Waals surface area contributed by atoms with E-state index in [2.05, 4.69) is 16.0 Å². The Morgan fingerprint density at radius 3 is 2.65 bits per heavy atom. The number of piperidine rings is 1. The van der Waals surface area contributed by atoms with Crippen molar-refractivity contribution in [2.45, 2.75) is 25.7 Å². The van der Waals surface area contributed by atoms with E-state index in [1.807, 2.05) is 18.2 Å². The van der Waals surface area contributed by atoms with Gasteiger partial charge in [0.05, 0.1) is 7.11 Å². The summed E-state index contributed by atoms with van der Waals surface area (Å²) in [5.74, 6) is 1.61. The third-order valence-electron chi connectivity index (χ3n) is 3.53. The van der Waals surface area contributed by atoms with Crippen molar-refractivity contribution < 1.29 is 4.74 Å². The average molecular weight is 389 g/mol. The maximum atomic E-state index is 6.03. The van der Waals surface area contributed by atoms with E-state index >= 15 is 0 Å². The maximum absolute atomic E-state index is 6.03. The van der Waals surface area contributed by atoms with Crippen LogP contribution in [0.2, 0.25) is 0 Å². The first-order valence-electron chi connectivity index (χ1n) is 6.98. The van der Waals surface area contributed by atoms with Crippen LogP contribution in [0.25, 0.3) is 0 Å². The number of hydrogen-bond acceptors (Lipinski definition) is 2. The van der Waals surface area contributed by atoms with Gasteiger partial charge in [-0.15, -0.1) is 24.0 Å². The molecule has 0 aromatic heterocycles. The molecule has 1 fully saturated rings. The van der Waals surface area contributed by atoms with E-state index in [9.17, 15) is 0 Å². The minimum atomic E-state index is 0. The first-order chi connectivity index (χ1) is 9.31. The summed E-state index contributed by atoms with van der Waals surface area (Å²) in [4.78, 5) is 6.67. The van der Waals surface area contributed by atoms with Gasteiger partial charge < -0.3 is 15.4 Å². The summed E-state index contributed by atoms with van der Waals surface area (Å²) in [5, 5.41) is 0. The second-order valence-electron chi connectivity index (χ2n) is 4.85. The van der Waals surface area contributed by atoms with Crippen LogP contribution in [0.3, 0.4) is 0 Å². The van der Waals surface area contributed by atoms with Crippen LogP contribution in [0.4, 0.5) is 0 Å². The van der Waals surface area contributed by atoms with Crippen LogP contribution >= 0.6 is 24.0 Å². The van der Waals surface area contributed by atoms with Crippen molar-refractivity contribution in [3.05, 3.63) is 29.8 Å². The quantitative estimate of drug-likeness (QED) is 0.490. The number of halogens is 1. The molecule has 5 heteroatoms. The van der Waals surface area contributed by atoms with Crippen LogP contribution in [0, 0.1) is 0 Å². The third kappa shape index (κ3) is 4.85. The lowest BCUT2D eigenvalue weighted by Crippen LogP contribution is -2.41. The Labute approximate surface area is 138 Å². The fraction of sp³-hybridized carbons (Fsp3) is 0.533. The van der Waals surface area contributed by atoms with Crippen molar-refractivity contribution in [3.63, 3.8) is 0 Å². The Morgan fingerprint density at radius 2 is 1.95 bits per heavy atom. The highest BCUT2D eigenvalue weighted by molar-refractivity contribution is 14.0. The summed E-state index contributed by atoms with van der Waals surface area (Å²) >= 11 is 0. The molecule has 2 N–H and O–H groups in total. The number of likely N-dealkylation sites (tertiary alicyclic amines) is 1. The van der Waals surface area contributed by atoms with Gasteiger partial charge in [-0.25, -0.2) is 0 Å². The van der Waals surface area contributed by atoms with Crippen LogP contribution in [0.15, 0.2) is 29.3 Å². The van der Waals surface area contributed by atoms with E-state index in [0.29, 0.717) is 12.5 Å². The van der Waals surface area contributed by atoms with Crippen molar-refractivity contribution in [1.82, 2.24) is 4.90 Å². The SMILES string of the molecule is COc1ccccc1CCN=C(N)N1CCCCC1.I. The van der Waals surface area contributed by atoms with E-state index in [4.69, 9.17) is 10.5 Å². The van der Waals surface area contributed by atoms with Crippen LogP contribution in [0.5, 0.6) is 5.75 Å². The first-order valence-corrected chi connectivity index (χ1v) is 6.98. The van der Waals surface area contributed by atoms with Gasteiger partial charge in [-0.1, -0.05) is 18.2 Å². The highest BCUT2D eigenvalue weighted by Crippen LogP contribution is 2.17. The molecule has 0 unspecified atom stereocenters. The highest BCUT2D eigenvalue weighted by atomic mass is 127. The molecule has 0 radical (unpaired) electrons. The zero-order valence-corrected chi connectivity index (χ0v) is 14.4. The second kappa shape index (κ2) is 9.05. The van der Waals surface area contributed by atoms with E-state index in [-0.39, 0.29) is 24.0 Å². The van der Waals surface area contributed by atoms with E-state index in [1.54, 1.807) is 7.11 Å². The minimum Gasteiger partial charge on any atom is -0.496 e. The number of nitrogens with two attached hydrogens (primary N) is 1. The molecule has 2 rings (SSSR count). The van der Waals surface area contributed by atoms with Gasteiger partial charge in [-0.3, -0.25) is 4.99 Å². The molecular formula is C15H24IN3O. The largest absolute Gasteiger partial charge is 0.496 e. The predicted octanol–water partition coefficient (Wildman–Crippen LogP) is 2.66. The van der Waals surface area contributed by atoms with Crippen molar-refractivity contribution in [3.8, 4) is 5.75 Å². The summed E-state index contributed by atoms with van der Waals surface area (Å²) in [7, 11) is 1.70. The lowest BCUT2D eigenvalue weighted by Gasteiger charge is -2.27. The molecule has 0 aliphatic carbocycles. The Bertz CT molecular complexity index is 431. The topological polar surface area (TPSA) is 50.9 Å². The minimum absolute atomic E-state index is 0. The number of guanidine groups is 1. The lowest BCUT2D eigenvalue weighted by atomic mass is 10.1. The van der Waals surface area contributed by atoms with E-state index in [1.165, 1.54) is 24.8 Å².